The Hall–Kier alpha value is -0.460. The highest BCUT2D eigenvalue weighted by molar-refractivity contribution is 7.92. The van der Waals surface area contributed by atoms with Gasteiger partial charge in [0.2, 0.25) is 0 Å². The Morgan fingerprint density at radius 1 is 1.50 bits per heavy atom. The molecule has 0 aromatic carbocycles. The molecule has 4 nitrogen and oxygen atoms in total. The fourth-order valence-corrected chi connectivity index (χ4v) is 2.77. The molecule has 0 atom stereocenters. The summed E-state index contributed by atoms with van der Waals surface area (Å²) >= 11 is 1.59. The Kier molecular flexibility index (Phi) is 4.89. The number of thiazole rings is 1. The van der Waals surface area contributed by atoms with Crippen molar-refractivity contribution >= 4 is 21.2 Å². The third-order valence-corrected chi connectivity index (χ3v) is 5.40. The van der Waals surface area contributed by atoms with Crippen molar-refractivity contribution in [3.05, 3.63) is 16.1 Å². The molecule has 1 aromatic rings. The highest BCUT2D eigenvalue weighted by Gasteiger charge is 2.14. The summed E-state index contributed by atoms with van der Waals surface area (Å²) < 4.78 is 23.0. The van der Waals surface area contributed by atoms with Gasteiger partial charge in [0, 0.05) is 24.2 Å². The van der Waals surface area contributed by atoms with Crippen molar-refractivity contribution in [1.29, 1.82) is 0 Å². The smallest absolute Gasteiger partial charge is 0.153 e. The molecule has 1 aromatic heterocycles. The van der Waals surface area contributed by atoms with Crippen molar-refractivity contribution in [3.63, 3.8) is 0 Å². The quantitative estimate of drug-likeness (QED) is 0.787. The minimum Gasteiger partial charge on any atom is -0.309 e. The summed E-state index contributed by atoms with van der Waals surface area (Å²) in [6, 6.07) is 0. The third kappa shape index (κ3) is 4.19. The lowest BCUT2D eigenvalue weighted by Crippen LogP contribution is -2.26. The van der Waals surface area contributed by atoms with Crippen molar-refractivity contribution in [2.24, 2.45) is 0 Å². The van der Waals surface area contributed by atoms with Crippen molar-refractivity contribution in [2.75, 3.05) is 12.3 Å². The van der Waals surface area contributed by atoms with Crippen LogP contribution in [0.1, 0.15) is 24.5 Å². The van der Waals surface area contributed by atoms with E-state index in [4.69, 9.17) is 0 Å². The van der Waals surface area contributed by atoms with E-state index >= 15 is 0 Å². The zero-order chi connectivity index (χ0) is 12.2. The summed E-state index contributed by atoms with van der Waals surface area (Å²) in [6.45, 7) is 6.49. The van der Waals surface area contributed by atoms with Gasteiger partial charge in [-0.15, -0.1) is 11.3 Å². The number of nitrogens with zero attached hydrogens (tertiary/aromatic N) is 1. The lowest BCUT2D eigenvalue weighted by molar-refractivity contribution is 0.582. The van der Waals surface area contributed by atoms with Gasteiger partial charge in [-0.05, 0) is 20.8 Å². The highest BCUT2D eigenvalue weighted by atomic mass is 32.2. The van der Waals surface area contributed by atoms with Gasteiger partial charge in [-0.25, -0.2) is 13.4 Å². The maximum atomic E-state index is 11.5. The van der Waals surface area contributed by atoms with Crippen LogP contribution in [-0.4, -0.2) is 30.9 Å². The van der Waals surface area contributed by atoms with Crippen molar-refractivity contribution < 1.29 is 8.42 Å². The van der Waals surface area contributed by atoms with E-state index in [9.17, 15) is 8.42 Å². The largest absolute Gasteiger partial charge is 0.309 e. The molecular weight excluding hydrogens is 244 g/mol. The van der Waals surface area contributed by atoms with E-state index in [0.717, 1.165) is 10.7 Å². The average Bonchev–Trinajstić information content (AvgIpc) is 2.59. The Morgan fingerprint density at radius 2 is 2.19 bits per heavy atom. The number of aryl methyl sites for hydroxylation is 1. The first-order valence-corrected chi connectivity index (χ1v) is 7.84. The van der Waals surface area contributed by atoms with Crippen LogP contribution in [0.2, 0.25) is 0 Å². The summed E-state index contributed by atoms with van der Waals surface area (Å²) in [7, 11) is -2.93. The fourth-order valence-electron chi connectivity index (χ4n) is 1.13. The Bertz CT molecular complexity index is 424. The van der Waals surface area contributed by atoms with Gasteiger partial charge in [-0.1, -0.05) is 0 Å². The minimum absolute atomic E-state index is 0.190. The molecule has 0 bridgehead atoms. The maximum absolute atomic E-state index is 11.5. The van der Waals surface area contributed by atoms with E-state index in [0.29, 0.717) is 13.1 Å². The molecule has 0 radical (unpaired) electrons. The average molecular weight is 262 g/mol. The zero-order valence-electron chi connectivity index (χ0n) is 9.86. The fraction of sp³-hybridized carbons (Fsp3) is 0.700. The highest BCUT2D eigenvalue weighted by Crippen LogP contribution is 2.07. The van der Waals surface area contributed by atoms with Crippen LogP contribution in [0.3, 0.4) is 0 Å². The van der Waals surface area contributed by atoms with Crippen LogP contribution in [0.4, 0.5) is 0 Å². The van der Waals surface area contributed by atoms with Gasteiger partial charge >= 0.3 is 0 Å². The lowest BCUT2D eigenvalue weighted by atomic mass is 10.5. The molecule has 1 heterocycles. The molecule has 1 rings (SSSR count). The molecule has 0 fully saturated rings. The number of rotatable bonds is 6. The molecule has 0 saturated heterocycles. The standard InChI is InChI=1S/C10H18N2O2S2/c1-8(2)16(13,14)5-4-11-6-10-12-9(3)7-15-10/h7-8,11H,4-6H2,1-3H3. The number of hydrogen-bond donors (Lipinski definition) is 1. The molecular formula is C10H18N2O2S2. The molecule has 92 valence electrons. The molecule has 6 heteroatoms. The molecule has 0 unspecified atom stereocenters. The van der Waals surface area contributed by atoms with Gasteiger partial charge in [-0.2, -0.15) is 0 Å². The van der Waals surface area contributed by atoms with E-state index in [1.54, 1.807) is 25.2 Å². The molecule has 16 heavy (non-hydrogen) atoms. The lowest BCUT2D eigenvalue weighted by Gasteiger charge is -2.07. The molecule has 0 aliphatic heterocycles. The molecule has 0 saturated carbocycles. The summed E-state index contributed by atoms with van der Waals surface area (Å²) in [4.78, 5) is 4.29. The van der Waals surface area contributed by atoms with Crippen LogP contribution in [-0.2, 0) is 16.4 Å². The van der Waals surface area contributed by atoms with Gasteiger partial charge in [0.05, 0.1) is 11.0 Å². The van der Waals surface area contributed by atoms with E-state index in [1.165, 1.54) is 0 Å². The van der Waals surface area contributed by atoms with E-state index in [-0.39, 0.29) is 11.0 Å². The van der Waals surface area contributed by atoms with E-state index in [1.807, 2.05) is 12.3 Å². The van der Waals surface area contributed by atoms with Crippen molar-refractivity contribution in [1.82, 2.24) is 10.3 Å². The van der Waals surface area contributed by atoms with Crippen LogP contribution < -0.4 is 5.32 Å². The first-order chi connectivity index (χ1) is 7.42. The molecule has 0 spiro atoms. The van der Waals surface area contributed by atoms with Gasteiger partial charge in [-0.3, -0.25) is 0 Å². The van der Waals surface area contributed by atoms with E-state index in [2.05, 4.69) is 10.3 Å². The minimum atomic E-state index is -2.93. The first kappa shape index (κ1) is 13.6. The number of hydrogen-bond acceptors (Lipinski definition) is 5. The number of aromatic nitrogens is 1. The van der Waals surface area contributed by atoms with E-state index < -0.39 is 9.84 Å². The Balaban J connectivity index is 2.27. The molecule has 0 aliphatic carbocycles. The van der Waals surface area contributed by atoms with Crippen LogP contribution in [0.5, 0.6) is 0 Å². The van der Waals surface area contributed by atoms with Crippen molar-refractivity contribution in [2.45, 2.75) is 32.6 Å². The third-order valence-electron chi connectivity index (χ3n) is 2.22. The van der Waals surface area contributed by atoms with Gasteiger partial charge in [0.1, 0.15) is 5.01 Å². The van der Waals surface area contributed by atoms with Gasteiger partial charge < -0.3 is 5.32 Å². The predicted molar refractivity (Wildman–Crippen MR) is 67.5 cm³/mol. The molecule has 0 aliphatic rings. The molecule has 1 N–H and O–H groups in total. The normalized spacial score (nSPS) is 12.2. The second-order valence-corrected chi connectivity index (χ2v) is 7.59. The van der Waals surface area contributed by atoms with Crippen LogP contribution >= 0.6 is 11.3 Å². The maximum Gasteiger partial charge on any atom is 0.153 e. The van der Waals surface area contributed by atoms with Crippen LogP contribution in [0.25, 0.3) is 0 Å². The SMILES string of the molecule is Cc1csc(CNCCS(=O)(=O)C(C)C)n1. The second kappa shape index (κ2) is 5.75. The number of nitrogens with one attached hydrogen (secondary N) is 1. The predicted octanol–water partition coefficient (Wildman–Crippen LogP) is 1.36. The topological polar surface area (TPSA) is 59.1 Å². The number of sulfone groups is 1. The second-order valence-electron chi connectivity index (χ2n) is 3.98. The summed E-state index contributed by atoms with van der Waals surface area (Å²) in [5.74, 6) is 0.190. The Labute approximate surface area is 101 Å². The van der Waals surface area contributed by atoms with Crippen molar-refractivity contribution in [3.8, 4) is 0 Å². The Morgan fingerprint density at radius 3 is 2.69 bits per heavy atom. The monoisotopic (exact) mass is 262 g/mol. The summed E-state index contributed by atoms with van der Waals surface area (Å²) in [5.41, 5.74) is 1.01. The summed E-state index contributed by atoms with van der Waals surface area (Å²) in [5, 5.41) is 5.79. The van der Waals surface area contributed by atoms with Gasteiger partial charge in [0.15, 0.2) is 9.84 Å². The summed E-state index contributed by atoms with van der Waals surface area (Å²) in [6.07, 6.45) is 0. The van der Waals surface area contributed by atoms with Gasteiger partial charge in [0.25, 0.3) is 0 Å². The van der Waals surface area contributed by atoms with Crippen LogP contribution in [0, 0.1) is 6.92 Å². The van der Waals surface area contributed by atoms with Crippen LogP contribution in [0.15, 0.2) is 5.38 Å². The molecule has 0 amide bonds. The first-order valence-electron chi connectivity index (χ1n) is 5.25. The zero-order valence-corrected chi connectivity index (χ0v) is 11.5.